The molecule has 0 aliphatic heterocycles. The predicted molar refractivity (Wildman–Crippen MR) is 113 cm³/mol. The highest BCUT2D eigenvalue weighted by Crippen LogP contribution is 2.27. The number of fused-ring (bicyclic) bond motifs is 1. The van der Waals surface area contributed by atoms with E-state index in [0.717, 1.165) is 0 Å². The van der Waals surface area contributed by atoms with Gasteiger partial charge in [-0.05, 0) is 48.9 Å². The molecule has 0 aliphatic rings. The van der Waals surface area contributed by atoms with Crippen molar-refractivity contribution in [3.05, 3.63) is 83.3 Å². The topological polar surface area (TPSA) is 80.0 Å². The van der Waals surface area contributed by atoms with Crippen molar-refractivity contribution >= 4 is 34.6 Å². The van der Waals surface area contributed by atoms with Crippen molar-refractivity contribution in [1.82, 2.24) is 14.5 Å². The molecule has 1 atom stereocenters. The van der Waals surface area contributed by atoms with Crippen LogP contribution in [0.4, 0.5) is 10.3 Å². The summed E-state index contributed by atoms with van der Waals surface area (Å²) < 4.78 is 15.0. The molecular formula is C22H18ClFN4O2. The number of rotatable bonds is 5. The molecular weight excluding hydrogens is 407 g/mol. The van der Waals surface area contributed by atoms with Crippen molar-refractivity contribution in [3.8, 4) is 5.69 Å². The Bertz CT molecular complexity index is 1210. The van der Waals surface area contributed by atoms with Crippen LogP contribution in [0.3, 0.4) is 0 Å². The van der Waals surface area contributed by atoms with Gasteiger partial charge in [0, 0.05) is 0 Å². The molecule has 0 saturated heterocycles. The highest BCUT2D eigenvalue weighted by molar-refractivity contribution is 6.29. The number of benzene rings is 2. The minimum Gasteiger partial charge on any atom is -0.385 e. The van der Waals surface area contributed by atoms with E-state index in [1.165, 1.54) is 12.1 Å². The van der Waals surface area contributed by atoms with Crippen molar-refractivity contribution in [1.29, 1.82) is 0 Å². The second-order valence-corrected chi connectivity index (χ2v) is 7.48. The smallest absolute Gasteiger partial charge is 0.229 e. The van der Waals surface area contributed by atoms with Gasteiger partial charge >= 0.3 is 0 Å². The van der Waals surface area contributed by atoms with Gasteiger partial charge in [-0.2, -0.15) is 0 Å². The number of aliphatic hydroxyl groups is 1. The maximum atomic E-state index is 13.4. The van der Waals surface area contributed by atoms with Gasteiger partial charge in [0.25, 0.3) is 0 Å². The Kier molecular flexibility index (Phi) is 5.24. The molecule has 2 N–H and O–H groups in total. The number of hydrogen-bond donors (Lipinski definition) is 2. The quantitative estimate of drug-likeness (QED) is 0.464. The predicted octanol–water partition coefficient (Wildman–Crippen LogP) is 4.45. The highest BCUT2D eigenvalue weighted by Gasteiger charge is 2.27. The fourth-order valence-electron chi connectivity index (χ4n) is 3.23. The van der Waals surface area contributed by atoms with Crippen molar-refractivity contribution in [2.75, 3.05) is 5.32 Å². The fraction of sp³-hybridized carbons (Fsp3) is 0.136. The van der Waals surface area contributed by atoms with E-state index >= 15 is 0 Å². The van der Waals surface area contributed by atoms with Crippen LogP contribution in [0, 0.1) is 5.82 Å². The molecule has 152 valence electrons. The molecule has 30 heavy (non-hydrogen) atoms. The first-order valence-corrected chi connectivity index (χ1v) is 9.60. The zero-order valence-electron chi connectivity index (χ0n) is 16.0. The second-order valence-electron chi connectivity index (χ2n) is 7.09. The largest absolute Gasteiger partial charge is 0.385 e. The average Bonchev–Trinajstić information content (AvgIpc) is 3.05. The summed E-state index contributed by atoms with van der Waals surface area (Å²) in [7, 11) is 0. The van der Waals surface area contributed by atoms with Crippen molar-refractivity contribution in [3.63, 3.8) is 0 Å². The number of carbonyl (C=O) groups is 1. The number of halogens is 2. The van der Waals surface area contributed by atoms with Gasteiger partial charge in [-0.15, -0.1) is 0 Å². The lowest BCUT2D eigenvalue weighted by Crippen LogP contribution is -2.29. The Morgan fingerprint density at radius 1 is 1.10 bits per heavy atom. The number of anilines is 1. The third-order valence-electron chi connectivity index (χ3n) is 4.71. The number of imidazole rings is 1. The number of amides is 1. The van der Waals surface area contributed by atoms with Crippen molar-refractivity contribution in [2.24, 2.45) is 0 Å². The maximum absolute atomic E-state index is 13.4. The zero-order chi connectivity index (χ0) is 21.3. The lowest BCUT2D eigenvalue weighted by Gasteiger charge is -2.23. The molecule has 8 heteroatoms. The lowest BCUT2D eigenvalue weighted by atomic mass is 9.92. The monoisotopic (exact) mass is 424 g/mol. The van der Waals surface area contributed by atoms with E-state index in [4.69, 9.17) is 11.6 Å². The van der Waals surface area contributed by atoms with Gasteiger partial charge in [-0.25, -0.2) is 14.4 Å². The van der Waals surface area contributed by atoms with E-state index in [9.17, 15) is 14.3 Å². The lowest BCUT2D eigenvalue weighted by molar-refractivity contribution is -0.120. The molecule has 0 spiro atoms. The van der Waals surface area contributed by atoms with Crippen LogP contribution in [0.1, 0.15) is 18.9 Å². The summed E-state index contributed by atoms with van der Waals surface area (Å²) in [5.41, 5.74) is 0.743. The van der Waals surface area contributed by atoms with Gasteiger partial charge in [-0.3, -0.25) is 14.7 Å². The Labute approximate surface area is 177 Å². The molecule has 2 aromatic heterocycles. The summed E-state index contributed by atoms with van der Waals surface area (Å²) in [6.07, 6.45) is -0.183. The normalized spacial score (nSPS) is 13.2. The SMILES string of the molecule is C[C@](O)(CC(=O)Nc1nc2ccc(Cl)nc2n1-c1ccc(F)cc1)c1ccccc1. The van der Waals surface area contributed by atoms with E-state index in [1.54, 1.807) is 60.0 Å². The van der Waals surface area contributed by atoms with Gasteiger partial charge < -0.3 is 5.11 Å². The van der Waals surface area contributed by atoms with Gasteiger partial charge in [0.1, 0.15) is 16.5 Å². The molecule has 6 nitrogen and oxygen atoms in total. The number of aromatic nitrogens is 3. The molecule has 4 rings (SSSR count). The maximum Gasteiger partial charge on any atom is 0.229 e. The van der Waals surface area contributed by atoms with E-state index in [1.807, 2.05) is 6.07 Å². The van der Waals surface area contributed by atoms with Crippen LogP contribution < -0.4 is 5.32 Å². The zero-order valence-corrected chi connectivity index (χ0v) is 16.8. The molecule has 1 amide bonds. The van der Waals surface area contributed by atoms with Crippen LogP contribution in [-0.2, 0) is 10.4 Å². The Hall–Kier alpha value is -3.29. The first kappa shape index (κ1) is 20.0. The standard InChI is InChI=1S/C22H18ClFN4O2/c1-22(30,14-5-3-2-4-6-14)13-19(29)27-21-25-17-11-12-18(23)26-20(17)28(21)16-9-7-15(24)8-10-16/h2-12,30H,13H2,1H3,(H,25,27,29)/t22-/m0/s1. The molecule has 0 fully saturated rings. The first-order valence-electron chi connectivity index (χ1n) is 9.22. The van der Waals surface area contributed by atoms with E-state index in [0.29, 0.717) is 22.4 Å². The van der Waals surface area contributed by atoms with E-state index in [-0.39, 0.29) is 17.5 Å². The minimum absolute atomic E-state index is 0.183. The number of nitrogens with one attached hydrogen (secondary N) is 1. The average molecular weight is 425 g/mol. The molecule has 2 aromatic carbocycles. The number of pyridine rings is 1. The number of hydrogen-bond acceptors (Lipinski definition) is 4. The number of carbonyl (C=O) groups excluding carboxylic acids is 1. The molecule has 4 aromatic rings. The highest BCUT2D eigenvalue weighted by atomic mass is 35.5. The van der Waals surface area contributed by atoms with Crippen LogP contribution >= 0.6 is 11.6 Å². The van der Waals surface area contributed by atoms with Crippen LogP contribution in [0.25, 0.3) is 16.9 Å². The molecule has 0 aliphatic carbocycles. The summed E-state index contributed by atoms with van der Waals surface area (Å²) in [5.74, 6) is -0.632. The summed E-state index contributed by atoms with van der Waals surface area (Å²) in [4.78, 5) is 21.5. The molecule has 0 bridgehead atoms. The van der Waals surface area contributed by atoms with Gasteiger partial charge in [0.05, 0.1) is 17.7 Å². The van der Waals surface area contributed by atoms with Crippen LogP contribution in [0.2, 0.25) is 5.15 Å². The third-order valence-corrected chi connectivity index (χ3v) is 4.92. The Balaban J connectivity index is 1.69. The fourth-order valence-corrected chi connectivity index (χ4v) is 3.38. The summed E-state index contributed by atoms with van der Waals surface area (Å²) in [5, 5.41) is 13.8. The van der Waals surface area contributed by atoms with Crippen LogP contribution in [0.5, 0.6) is 0 Å². The van der Waals surface area contributed by atoms with E-state index < -0.39 is 17.3 Å². The third kappa shape index (κ3) is 4.03. The Morgan fingerprint density at radius 3 is 2.50 bits per heavy atom. The van der Waals surface area contributed by atoms with Crippen LogP contribution in [-0.4, -0.2) is 25.5 Å². The van der Waals surface area contributed by atoms with Gasteiger partial charge in [0.15, 0.2) is 5.65 Å². The van der Waals surface area contributed by atoms with Gasteiger partial charge in [-0.1, -0.05) is 41.9 Å². The summed E-state index contributed by atoms with van der Waals surface area (Å²) in [6.45, 7) is 1.58. The number of nitrogens with zero attached hydrogens (tertiary/aromatic N) is 3. The van der Waals surface area contributed by atoms with E-state index in [2.05, 4.69) is 15.3 Å². The summed E-state index contributed by atoms with van der Waals surface area (Å²) in [6, 6.07) is 17.9. The molecule has 0 radical (unpaired) electrons. The molecule has 0 unspecified atom stereocenters. The molecule has 2 heterocycles. The first-order chi connectivity index (χ1) is 14.3. The van der Waals surface area contributed by atoms with Crippen molar-refractivity contribution < 1.29 is 14.3 Å². The van der Waals surface area contributed by atoms with Crippen molar-refractivity contribution in [2.45, 2.75) is 18.9 Å². The summed E-state index contributed by atoms with van der Waals surface area (Å²) >= 11 is 6.04. The molecule has 0 saturated carbocycles. The van der Waals surface area contributed by atoms with Gasteiger partial charge in [0.2, 0.25) is 11.9 Å². The second kappa shape index (κ2) is 7.85. The minimum atomic E-state index is -1.36. The van der Waals surface area contributed by atoms with Crippen LogP contribution in [0.15, 0.2) is 66.7 Å². The Morgan fingerprint density at radius 2 is 1.80 bits per heavy atom.